The Labute approximate surface area is 131 Å². The molecule has 2 aromatic carbocycles. The van der Waals surface area contributed by atoms with E-state index in [1.54, 1.807) is 0 Å². The first-order valence-corrected chi connectivity index (χ1v) is 6.79. The Hall–Kier alpha value is -1.64. The van der Waals surface area contributed by atoms with Gasteiger partial charge in [-0.15, -0.1) is 0 Å². The summed E-state index contributed by atoms with van der Waals surface area (Å²) in [5.41, 5.74) is -1.69. The van der Waals surface area contributed by atoms with Crippen LogP contribution in [0.5, 0.6) is 0 Å². The zero-order chi connectivity index (χ0) is 15.6. The first-order valence-electron chi connectivity index (χ1n) is 5.71. The van der Waals surface area contributed by atoms with Crippen LogP contribution in [-0.2, 0) is 6.18 Å². The Morgan fingerprint density at radius 1 is 1.10 bits per heavy atom. The Morgan fingerprint density at radius 2 is 1.76 bits per heavy atom. The lowest BCUT2D eigenvalue weighted by atomic mass is 10.1. The van der Waals surface area contributed by atoms with Gasteiger partial charge in [0.2, 0.25) is 0 Å². The molecule has 1 N–H and O–H groups in total. The van der Waals surface area contributed by atoms with E-state index in [9.17, 15) is 22.4 Å². The number of carbonyl (C=O) groups excluding carboxylic acids is 1. The van der Waals surface area contributed by atoms with Crippen LogP contribution in [0, 0.1) is 9.39 Å². The summed E-state index contributed by atoms with van der Waals surface area (Å²) in [5.74, 6) is -1.73. The molecule has 110 valence electrons. The van der Waals surface area contributed by atoms with E-state index in [1.165, 1.54) is 30.3 Å². The highest BCUT2D eigenvalue weighted by atomic mass is 127. The maximum atomic E-state index is 13.5. The maximum absolute atomic E-state index is 13.5. The fraction of sp³-hybridized carbons (Fsp3) is 0.0714. The number of benzene rings is 2. The summed E-state index contributed by atoms with van der Waals surface area (Å²) in [5, 5.41) is 2.11. The van der Waals surface area contributed by atoms with Crippen molar-refractivity contribution in [1.82, 2.24) is 0 Å². The van der Waals surface area contributed by atoms with Crippen LogP contribution in [0.15, 0.2) is 42.5 Å². The summed E-state index contributed by atoms with van der Waals surface area (Å²) in [4.78, 5) is 11.9. The second-order valence-corrected chi connectivity index (χ2v) is 5.37. The average Bonchev–Trinajstić information content (AvgIpc) is 2.37. The quantitative estimate of drug-likeness (QED) is 0.566. The third-order valence-corrected chi connectivity index (χ3v) is 3.32. The van der Waals surface area contributed by atoms with Crippen molar-refractivity contribution in [3.05, 3.63) is 63.0 Å². The molecule has 0 aliphatic carbocycles. The summed E-state index contributed by atoms with van der Waals surface area (Å²) < 4.78 is 52.6. The largest absolute Gasteiger partial charge is 0.418 e. The number of anilines is 1. The molecule has 2 rings (SSSR count). The smallest absolute Gasteiger partial charge is 0.321 e. The Balaban J connectivity index is 2.38. The van der Waals surface area contributed by atoms with Gasteiger partial charge in [-0.25, -0.2) is 4.39 Å². The van der Waals surface area contributed by atoms with Crippen LogP contribution in [0.4, 0.5) is 23.2 Å². The predicted molar refractivity (Wildman–Crippen MR) is 78.5 cm³/mol. The minimum atomic E-state index is -4.61. The van der Waals surface area contributed by atoms with Crippen molar-refractivity contribution in [2.75, 3.05) is 5.32 Å². The molecular weight excluding hydrogens is 401 g/mol. The number of nitrogens with one attached hydrogen (secondary N) is 1. The molecule has 0 spiro atoms. The van der Waals surface area contributed by atoms with E-state index in [0.717, 1.165) is 12.1 Å². The standard InChI is InChI=1S/C14H8F4INO/c15-11-4-2-1-3-9(11)13(21)20-12-7-8(19)5-6-10(12)14(16,17)18/h1-7H,(H,20,21). The summed E-state index contributed by atoms with van der Waals surface area (Å²) in [6.45, 7) is 0. The van der Waals surface area contributed by atoms with Gasteiger partial charge in [0.15, 0.2) is 0 Å². The van der Waals surface area contributed by atoms with E-state index in [2.05, 4.69) is 5.32 Å². The number of alkyl halides is 3. The number of halogens is 5. The van der Waals surface area contributed by atoms with Gasteiger partial charge in [0.1, 0.15) is 5.82 Å². The lowest BCUT2D eigenvalue weighted by Gasteiger charge is -2.14. The fourth-order valence-corrected chi connectivity index (χ4v) is 2.19. The molecule has 21 heavy (non-hydrogen) atoms. The van der Waals surface area contributed by atoms with Crippen molar-refractivity contribution in [2.24, 2.45) is 0 Å². The Bertz CT molecular complexity index is 685. The molecule has 0 aromatic heterocycles. The number of carbonyl (C=O) groups is 1. The summed E-state index contributed by atoms with van der Waals surface area (Å²) in [6, 6.07) is 8.42. The Morgan fingerprint density at radius 3 is 2.38 bits per heavy atom. The minimum Gasteiger partial charge on any atom is -0.321 e. The second-order valence-electron chi connectivity index (χ2n) is 4.12. The van der Waals surface area contributed by atoms with Crippen molar-refractivity contribution in [3.8, 4) is 0 Å². The van der Waals surface area contributed by atoms with E-state index < -0.39 is 29.2 Å². The van der Waals surface area contributed by atoms with E-state index >= 15 is 0 Å². The lowest BCUT2D eigenvalue weighted by molar-refractivity contribution is -0.136. The van der Waals surface area contributed by atoms with Gasteiger partial charge in [0.25, 0.3) is 5.91 Å². The molecule has 7 heteroatoms. The highest BCUT2D eigenvalue weighted by Crippen LogP contribution is 2.35. The van der Waals surface area contributed by atoms with Gasteiger partial charge in [0.05, 0.1) is 16.8 Å². The molecule has 0 radical (unpaired) electrons. The van der Waals surface area contributed by atoms with Crippen LogP contribution >= 0.6 is 22.6 Å². The van der Waals surface area contributed by atoms with Crippen LogP contribution in [0.25, 0.3) is 0 Å². The molecule has 0 aliphatic rings. The van der Waals surface area contributed by atoms with Gasteiger partial charge in [-0.3, -0.25) is 4.79 Å². The zero-order valence-electron chi connectivity index (χ0n) is 10.3. The van der Waals surface area contributed by atoms with E-state index in [-0.39, 0.29) is 5.56 Å². The van der Waals surface area contributed by atoms with E-state index in [0.29, 0.717) is 3.57 Å². The highest BCUT2D eigenvalue weighted by molar-refractivity contribution is 14.1. The van der Waals surface area contributed by atoms with Gasteiger partial charge in [-0.05, 0) is 52.9 Å². The van der Waals surface area contributed by atoms with E-state index in [4.69, 9.17) is 0 Å². The van der Waals surface area contributed by atoms with Crippen molar-refractivity contribution >= 4 is 34.2 Å². The van der Waals surface area contributed by atoms with Crippen molar-refractivity contribution in [1.29, 1.82) is 0 Å². The molecule has 1 amide bonds. The lowest BCUT2D eigenvalue weighted by Crippen LogP contribution is -2.17. The first-order chi connectivity index (χ1) is 9.79. The molecule has 0 saturated carbocycles. The number of rotatable bonds is 2. The van der Waals surface area contributed by atoms with Gasteiger partial charge in [-0.2, -0.15) is 13.2 Å². The molecule has 2 aromatic rings. The van der Waals surface area contributed by atoms with Crippen LogP contribution < -0.4 is 5.32 Å². The number of hydrogen-bond donors (Lipinski definition) is 1. The molecule has 2 nitrogen and oxygen atoms in total. The fourth-order valence-electron chi connectivity index (χ4n) is 1.70. The van der Waals surface area contributed by atoms with E-state index in [1.807, 2.05) is 22.6 Å². The average molecular weight is 409 g/mol. The number of amides is 1. The summed E-state index contributed by atoms with van der Waals surface area (Å²) in [7, 11) is 0. The second kappa shape index (κ2) is 6.00. The zero-order valence-corrected chi connectivity index (χ0v) is 12.5. The molecule has 0 bridgehead atoms. The highest BCUT2D eigenvalue weighted by Gasteiger charge is 2.34. The monoisotopic (exact) mass is 409 g/mol. The normalized spacial score (nSPS) is 11.3. The van der Waals surface area contributed by atoms with Crippen LogP contribution in [0.1, 0.15) is 15.9 Å². The third kappa shape index (κ3) is 3.72. The van der Waals surface area contributed by atoms with Gasteiger partial charge in [-0.1, -0.05) is 12.1 Å². The van der Waals surface area contributed by atoms with Crippen molar-refractivity contribution < 1.29 is 22.4 Å². The first kappa shape index (κ1) is 15.7. The summed E-state index contributed by atoms with van der Waals surface area (Å²) >= 11 is 1.83. The molecule has 0 aliphatic heterocycles. The van der Waals surface area contributed by atoms with Gasteiger partial charge in [0, 0.05) is 3.57 Å². The maximum Gasteiger partial charge on any atom is 0.418 e. The summed E-state index contributed by atoms with van der Waals surface area (Å²) in [6.07, 6.45) is -4.61. The topological polar surface area (TPSA) is 29.1 Å². The molecule has 0 unspecified atom stereocenters. The SMILES string of the molecule is O=C(Nc1cc(I)ccc1C(F)(F)F)c1ccccc1F. The van der Waals surface area contributed by atoms with Crippen LogP contribution in [-0.4, -0.2) is 5.91 Å². The van der Waals surface area contributed by atoms with Crippen LogP contribution in [0.2, 0.25) is 0 Å². The van der Waals surface area contributed by atoms with Gasteiger partial charge < -0.3 is 5.32 Å². The third-order valence-electron chi connectivity index (χ3n) is 2.65. The molecule has 0 atom stereocenters. The minimum absolute atomic E-state index is 0.315. The van der Waals surface area contributed by atoms with Gasteiger partial charge >= 0.3 is 6.18 Å². The molecule has 0 saturated heterocycles. The van der Waals surface area contributed by atoms with Crippen molar-refractivity contribution in [3.63, 3.8) is 0 Å². The number of hydrogen-bond acceptors (Lipinski definition) is 1. The molecule has 0 heterocycles. The van der Waals surface area contributed by atoms with Crippen molar-refractivity contribution in [2.45, 2.75) is 6.18 Å². The molecule has 0 fully saturated rings. The molecular formula is C14H8F4INO. The Kier molecular flexibility index (Phi) is 4.50. The predicted octanol–water partition coefficient (Wildman–Crippen LogP) is 4.70. The van der Waals surface area contributed by atoms with Crippen LogP contribution in [0.3, 0.4) is 0 Å².